The summed E-state index contributed by atoms with van der Waals surface area (Å²) in [4.78, 5) is 12.7. The highest BCUT2D eigenvalue weighted by Crippen LogP contribution is 2.38. The number of fused-ring (bicyclic) bond motifs is 6. The SMILES string of the molecule is CC(C)C1=NC=C(c2ccc3c(c2)c2cn[nH]c2c2cc(-c4cnc(C(C)C)[nH]4)ccc32)C1. The summed E-state index contributed by atoms with van der Waals surface area (Å²) in [7, 11) is 0. The predicted octanol–water partition coefficient (Wildman–Crippen LogP) is 7.22. The first-order valence-corrected chi connectivity index (χ1v) is 11.6. The molecule has 0 spiro atoms. The molecule has 1 aliphatic heterocycles. The quantitative estimate of drug-likeness (QED) is 0.294. The minimum Gasteiger partial charge on any atom is -0.342 e. The van der Waals surface area contributed by atoms with E-state index in [4.69, 9.17) is 0 Å². The second-order valence-corrected chi connectivity index (χ2v) is 9.62. The average molecular weight is 434 g/mol. The van der Waals surface area contributed by atoms with Crippen LogP contribution in [0.1, 0.15) is 51.4 Å². The Morgan fingerprint density at radius 2 is 1.55 bits per heavy atom. The van der Waals surface area contributed by atoms with Crippen molar-refractivity contribution in [1.82, 2.24) is 20.2 Å². The minimum absolute atomic E-state index is 0.369. The zero-order valence-electron chi connectivity index (χ0n) is 19.4. The van der Waals surface area contributed by atoms with Gasteiger partial charge in [-0.05, 0) is 45.3 Å². The van der Waals surface area contributed by atoms with Crippen LogP contribution < -0.4 is 0 Å². The van der Waals surface area contributed by atoms with Crippen LogP contribution in [0.2, 0.25) is 0 Å². The van der Waals surface area contributed by atoms with Crippen molar-refractivity contribution < 1.29 is 0 Å². The molecular weight excluding hydrogens is 406 g/mol. The molecule has 5 heteroatoms. The molecule has 0 amide bonds. The Morgan fingerprint density at radius 3 is 2.27 bits per heavy atom. The normalized spacial score (nSPS) is 14.2. The summed E-state index contributed by atoms with van der Waals surface area (Å²) in [6.07, 6.45) is 6.83. The first kappa shape index (κ1) is 19.9. The Morgan fingerprint density at radius 1 is 0.788 bits per heavy atom. The van der Waals surface area contributed by atoms with Gasteiger partial charge in [-0.15, -0.1) is 0 Å². The van der Waals surface area contributed by atoms with Crippen molar-refractivity contribution >= 4 is 43.7 Å². The monoisotopic (exact) mass is 433 g/mol. The molecule has 0 bridgehead atoms. The smallest absolute Gasteiger partial charge is 0.109 e. The zero-order valence-corrected chi connectivity index (χ0v) is 19.4. The van der Waals surface area contributed by atoms with Gasteiger partial charge in [0.25, 0.3) is 0 Å². The summed E-state index contributed by atoms with van der Waals surface area (Å²) in [6.45, 7) is 8.71. The maximum absolute atomic E-state index is 4.65. The lowest BCUT2D eigenvalue weighted by Crippen LogP contribution is -2.04. The number of rotatable bonds is 4. The highest BCUT2D eigenvalue weighted by atomic mass is 15.1. The van der Waals surface area contributed by atoms with Gasteiger partial charge in [-0.3, -0.25) is 10.1 Å². The van der Waals surface area contributed by atoms with Crippen LogP contribution in [0.3, 0.4) is 0 Å². The summed E-state index contributed by atoms with van der Waals surface area (Å²) in [5, 5.41) is 13.7. The summed E-state index contributed by atoms with van der Waals surface area (Å²) in [6, 6.07) is 13.4. The molecule has 0 unspecified atom stereocenters. The van der Waals surface area contributed by atoms with E-state index >= 15 is 0 Å². The van der Waals surface area contributed by atoms with Gasteiger partial charge in [0.05, 0.1) is 23.6 Å². The number of nitrogens with one attached hydrogen (secondary N) is 2. The molecule has 33 heavy (non-hydrogen) atoms. The summed E-state index contributed by atoms with van der Waals surface area (Å²) < 4.78 is 0. The zero-order chi connectivity index (χ0) is 22.7. The first-order valence-electron chi connectivity index (χ1n) is 11.6. The van der Waals surface area contributed by atoms with Crippen molar-refractivity contribution in [3.8, 4) is 11.3 Å². The molecule has 0 radical (unpaired) electrons. The van der Waals surface area contributed by atoms with Gasteiger partial charge in [0.1, 0.15) is 5.82 Å². The molecule has 0 aliphatic carbocycles. The molecule has 1 aliphatic rings. The van der Waals surface area contributed by atoms with E-state index in [1.165, 1.54) is 38.4 Å². The van der Waals surface area contributed by atoms with Crippen molar-refractivity contribution in [2.45, 2.75) is 40.0 Å². The molecule has 3 aromatic carbocycles. The summed E-state index contributed by atoms with van der Waals surface area (Å²) >= 11 is 0. The van der Waals surface area contributed by atoms with Crippen molar-refractivity contribution in [3.05, 3.63) is 66.4 Å². The number of aromatic nitrogens is 4. The third kappa shape index (κ3) is 3.18. The number of hydrogen-bond acceptors (Lipinski definition) is 3. The number of allylic oxidation sites excluding steroid dienone is 1. The first-order chi connectivity index (χ1) is 16.0. The molecule has 5 aromatic rings. The molecular formula is C28H27N5. The number of nitrogens with zero attached hydrogens (tertiary/aromatic N) is 3. The Hall–Kier alpha value is -3.73. The lowest BCUT2D eigenvalue weighted by molar-refractivity contribution is 0.795. The molecule has 0 saturated carbocycles. The summed E-state index contributed by atoms with van der Waals surface area (Å²) in [5.41, 5.74) is 7.01. The van der Waals surface area contributed by atoms with Crippen LogP contribution >= 0.6 is 0 Å². The number of aliphatic imine (C=N–C) groups is 1. The van der Waals surface area contributed by atoms with Gasteiger partial charge in [-0.1, -0.05) is 52.0 Å². The standard InChI is InChI=1S/C28H27N5/c1-15(2)25-11-19(12-29-25)17-5-7-20-21-8-6-18(26-14-30-28(32-26)16(3)4)10-23(21)27-24(13-31-33-27)22(20)9-17/h5-10,12-16H,11H2,1-4H3,(H,30,32)(H,31,33). The number of H-pyrrole nitrogens is 2. The van der Waals surface area contributed by atoms with E-state index in [0.29, 0.717) is 11.8 Å². The minimum atomic E-state index is 0.369. The van der Waals surface area contributed by atoms with E-state index in [2.05, 4.69) is 89.3 Å². The Balaban J connectivity index is 1.51. The van der Waals surface area contributed by atoms with Crippen molar-refractivity contribution in [3.63, 3.8) is 0 Å². The van der Waals surface area contributed by atoms with Crippen LogP contribution in [-0.4, -0.2) is 25.9 Å². The Bertz CT molecular complexity index is 1590. The summed E-state index contributed by atoms with van der Waals surface area (Å²) in [5.74, 6) is 1.85. The molecule has 2 aromatic heterocycles. The van der Waals surface area contributed by atoms with Gasteiger partial charge in [-0.25, -0.2) is 4.98 Å². The maximum Gasteiger partial charge on any atom is 0.109 e. The molecule has 0 atom stereocenters. The molecule has 6 rings (SSSR count). The lowest BCUT2D eigenvalue weighted by atomic mass is 9.92. The predicted molar refractivity (Wildman–Crippen MR) is 138 cm³/mol. The second kappa shape index (κ2) is 7.41. The van der Waals surface area contributed by atoms with E-state index in [1.54, 1.807) is 0 Å². The van der Waals surface area contributed by atoms with Crippen LogP contribution in [0, 0.1) is 5.92 Å². The van der Waals surface area contributed by atoms with E-state index in [1.807, 2.05) is 18.6 Å². The Kier molecular flexibility index (Phi) is 4.47. The largest absolute Gasteiger partial charge is 0.342 e. The molecule has 0 fully saturated rings. The van der Waals surface area contributed by atoms with E-state index in [0.717, 1.165) is 34.4 Å². The maximum atomic E-state index is 4.65. The van der Waals surface area contributed by atoms with Crippen LogP contribution in [0.15, 0.2) is 60.0 Å². The molecule has 3 heterocycles. The number of imidazole rings is 1. The molecule has 0 saturated heterocycles. The fourth-order valence-electron chi connectivity index (χ4n) is 4.80. The van der Waals surface area contributed by atoms with E-state index in [-0.39, 0.29) is 0 Å². The number of aromatic amines is 2. The molecule has 164 valence electrons. The van der Waals surface area contributed by atoms with Gasteiger partial charge < -0.3 is 4.98 Å². The number of hydrogen-bond donors (Lipinski definition) is 2. The highest BCUT2D eigenvalue weighted by molar-refractivity contribution is 6.25. The van der Waals surface area contributed by atoms with E-state index < -0.39 is 0 Å². The van der Waals surface area contributed by atoms with Gasteiger partial charge in [0.15, 0.2) is 0 Å². The third-order valence-corrected chi connectivity index (χ3v) is 6.78. The topological polar surface area (TPSA) is 69.7 Å². The third-order valence-electron chi connectivity index (χ3n) is 6.78. The fraction of sp³-hybridized carbons (Fsp3) is 0.250. The van der Waals surface area contributed by atoms with Crippen molar-refractivity contribution in [2.24, 2.45) is 10.9 Å². The average Bonchev–Trinajstić information content (AvgIpc) is 3.59. The van der Waals surface area contributed by atoms with E-state index in [9.17, 15) is 0 Å². The van der Waals surface area contributed by atoms with Crippen LogP contribution in [0.25, 0.3) is 49.3 Å². The van der Waals surface area contributed by atoms with Crippen LogP contribution in [0.4, 0.5) is 0 Å². The van der Waals surface area contributed by atoms with Gasteiger partial charge in [0.2, 0.25) is 0 Å². The van der Waals surface area contributed by atoms with Crippen LogP contribution in [-0.2, 0) is 0 Å². The molecule has 2 N–H and O–H groups in total. The van der Waals surface area contributed by atoms with Crippen molar-refractivity contribution in [1.29, 1.82) is 0 Å². The van der Waals surface area contributed by atoms with Gasteiger partial charge >= 0.3 is 0 Å². The number of benzene rings is 3. The second-order valence-electron chi connectivity index (χ2n) is 9.62. The fourth-order valence-corrected chi connectivity index (χ4v) is 4.80. The van der Waals surface area contributed by atoms with Crippen molar-refractivity contribution in [2.75, 3.05) is 0 Å². The molecule has 5 nitrogen and oxygen atoms in total. The highest BCUT2D eigenvalue weighted by Gasteiger charge is 2.17. The van der Waals surface area contributed by atoms with Crippen LogP contribution in [0.5, 0.6) is 0 Å². The van der Waals surface area contributed by atoms with Gasteiger partial charge in [0, 0.05) is 40.6 Å². The Labute approximate surface area is 192 Å². The van der Waals surface area contributed by atoms with Gasteiger partial charge in [-0.2, -0.15) is 5.10 Å². The lowest BCUT2D eigenvalue weighted by Gasteiger charge is -2.11.